The van der Waals surface area contributed by atoms with Crippen LogP contribution < -0.4 is 10.9 Å². The molecule has 1 heterocycles. The number of rotatable bonds is 3. The lowest BCUT2D eigenvalue weighted by atomic mass is 9.86. The molecule has 0 saturated heterocycles. The van der Waals surface area contributed by atoms with Crippen LogP contribution >= 0.6 is 11.6 Å². The van der Waals surface area contributed by atoms with Gasteiger partial charge in [0.05, 0.1) is 17.6 Å². The topological polar surface area (TPSA) is 46.9 Å². The molecule has 1 saturated carbocycles. The molecule has 116 valence electrons. The molecular weight excluding hydrogens is 298 g/mol. The Hall–Kier alpha value is -1.81. The Morgan fingerprint density at radius 1 is 1.23 bits per heavy atom. The maximum atomic E-state index is 12.4. The summed E-state index contributed by atoms with van der Waals surface area (Å²) in [6.07, 6.45) is 6.47. The van der Waals surface area contributed by atoms with Crippen molar-refractivity contribution in [1.82, 2.24) is 9.78 Å². The second-order valence-electron chi connectivity index (χ2n) is 5.94. The molecule has 0 bridgehead atoms. The van der Waals surface area contributed by atoms with Crippen LogP contribution in [0.25, 0.3) is 5.69 Å². The minimum absolute atomic E-state index is 0.205. The van der Waals surface area contributed by atoms with Crippen LogP contribution in [0.1, 0.15) is 32.6 Å². The molecule has 0 amide bonds. The first-order valence-corrected chi connectivity index (χ1v) is 8.14. The van der Waals surface area contributed by atoms with Crippen LogP contribution in [0.3, 0.4) is 0 Å². The minimum atomic E-state index is -0.290. The molecule has 1 aliphatic rings. The van der Waals surface area contributed by atoms with E-state index in [2.05, 4.69) is 17.3 Å². The molecule has 2 atom stereocenters. The first-order chi connectivity index (χ1) is 10.7. The summed E-state index contributed by atoms with van der Waals surface area (Å²) < 4.78 is 1.33. The molecule has 2 aromatic rings. The molecule has 1 N–H and O–H groups in total. The Morgan fingerprint density at radius 3 is 2.68 bits per heavy atom. The highest BCUT2D eigenvalue weighted by atomic mass is 35.5. The highest BCUT2D eigenvalue weighted by Gasteiger charge is 2.22. The van der Waals surface area contributed by atoms with E-state index in [-0.39, 0.29) is 10.6 Å². The van der Waals surface area contributed by atoms with Gasteiger partial charge in [0.25, 0.3) is 5.56 Å². The van der Waals surface area contributed by atoms with Gasteiger partial charge in [0.2, 0.25) is 0 Å². The Kier molecular flexibility index (Phi) is 4.48. The molecule has 5 heteroatoms. The van der Waals surface area contributed by atoms with Crippen molar-refractivity contribution in [3.63, 3.8) is 0 Å². The standard InChI is InChI=1S/C17H20ClN3O/c1-12-7-5-6-10-14(12)20-15-11-19-21(17(22)16(15)18)13-8-3-2-4-9-13/h2-4,8-9,11-12,14,20H,5-7,10H2,1H3/t12-,14-/m1/s1. The smallest absolute Gasteiger partial charge is 0.292 e. The average molecular weight is 318 g/mol. The maximum Gasteiger partial charge on any atom is 0.292 e. The fourth-order valence-electron chi connectivity index (χ4n) is 3.02. The van der Waals surface area contributed by atoms with E-state index < -0.39 is 0 Å². The van der Waals surface area contributed by atoms with Gasteiger partial charge in [-0.1, -0.05) is 49.6 Å². The van der Waals surface area contributed by atoms with Crippen molar-refractivity contribution < 1.29 is 0 Å². The van der Waals surface area contributed by atoms with E-state index in [0.717, 1.165) is 6.42 Å². The van der Waals surface area contributed by atoms with Crippen molar-refractivity contribution in [2.75, 3.05) is 5.32 Å². The van der Waals surface area contributed by atoms with Gasteiger partial charge in [-0.05, 0) is 30.9 Å². The van der Waals surface area contributed by atoms with E-state index in [0.29, 0.717) is 23.3 Å². The summed E-state index contributed by atoms with van der Waals surface area (Å²) in [7, 11) is 0. The summed E-state index contributed by atoms with van der Waals surface area (Å²) in [4.78, 5) is 12.4. The van der Waals surface area contributed by atoms with Crippen molar-refractivity contribution in [1.29, 1.82) is 0 Å². The van der Waals surface area contributed by atoms with Gasteiger partial charge in [-0.3, -0.25) is 4.79 Å². The lowest BCUT2D eigenvalue weighted by molar-refractivity contribution is 0.349. The molecule has 0 aliphatic heterocycles. The van der Waals surface area contributed by atoms with Gasteiger partial charge in [-0.25, -0.2) is 0 Å². The van der Waals surface area contributed by atoms with E-state index >= 15 is 0 Å². The average Bonchev–Trinajstić information content (AvgIpc) is 2.55. The predicted molar refractivity (Wildman–Crippen MR) is 89.9 cm³/mol. The van der Waals surface area contributed by atoms with Gasteiger partial charge >= 0.3 is 0 Å². The monoisotopic (exact) mass is 317 g/mol. The van der Waals surface area contributed by atoms with Gasteiger partial charge in [0.15, 0.2) is 0 Å². The molecule has 3 rings (SSSR count). The summed E-state index contributed by atoms with van der Waals surface area (Å²) in [5, 5.41) is 7.87. The lowest BCUT2D eigenvalue weighted by Crippen LogP contribution is -2.32. The molecule has 1 fully saturated rings. The fourth-order valence-corrected chi connectivity index (χ4v) is 3.20. The van der Waals surface area contributed by atoms with Crippen LogP contribution in [0.15, 0.2) is 41.3 Å². The van der Waals surface area contributed by atoms with Crippen LogP contribution in [-0.4, -0.2) is 15.8 Å². The van der Waals surface area contributed by atoms with Crippen LogP contribution in [0.4, 0.5) is 5.69 Å². The Labute approximate surface area is 135 Å². The third-order valence-corrected chi connectivity index (χ3v) is 4.74. The Bertz CT molecular complexity index is 699. The second-order valence-corrected chi connectivity index (χ2v) is 6.32. The largest absolute Gasteiger partial charge is 0.379 e. The number of nitrogens with one attached hydrogen (secondary N) is 1. The molecule has 0 spiro atoms. The molecular formula is C17H20ClN3O. The Balaban J connectivity index is 1.88. The summed E-state index contributed by atoms with van der Waals surface area (Å²) in [6.45, 7) is 2.24. The van der Waals surface area contributed by atoms with Crippen molar-refractivity contribution in [2.24, 2.45) is 5.92 Å². The molecule has 4 nitrogen and oxygen atoms in total. The van der Waals surface area contributed by atoms with Crippen molar-refractivity contribution in [3.8, 4) is 5.69 Å². The van der Waals surface area contributed by atoms with Crippen LogP contribution in [0.5, 0.6) is 0 Å². The summed E-state index contributed by atoms with van der Waals surface area (Å²) in [5.41, 5.74) is 1.06. The number of nitrogens with zero attached hydrogens (tertiary/aromatic N) is 2. The zero-order valence-electron chi connectivity index (χ0n) is 12.6. The minimum Gasteiger partial charge on any atom is -0.379 e. The van der Waals surface area contributed by atoms with E-state index in [1.165, 1.54) is 23.9 Å². The van der Waals surface area contributed by atoms with E-state index in [9.17, 15) is 4.79 Å². The van der Waals surface area contributed by atoms with Crippen LogP contribution in [0, 0.1) is 5.92 Å². The predicted octanol–water partition coefficient (Wildman–Crippen LogP) is 3.88. The van der Waals surface area contributed by atoms with Crippen LogP contribution in [0.2, 0.25) is 5.02 Å². The van der Waals surface area contributed by atoms with Crippen LogP contribution in [-0.2, 0) is 0 Å². The van der Waals surface area contributed by atoms with Gasteiger partial charge in [0, 0.05) is 6.04 Å². The third-order valence-electron chi connectivity index (χ3n) is 4.37. The first kappa shape index (κ1) is 15.1. The number of halogens is 1. The molecule has 1 aromatic carbocycles. The number of aromatic nitrogens is 2. The van der Waals surface area contributed by atoms with E-state index in [4.69, 9.17) is 11.6 Å². The van der Waals surface area contributed by atoms with Crippen molar-refractivity contribution >= 4 is 17.3 Å². The van der Waals surface area contributed by atoms with Gasteiger partial charge in [-0.15, -0.1) is 0 Å². The molecule has 1 aliphatic carbocycles. The van der Waals surface area contributed by atoms with Crippen molar-refractivity contribution in [3.05, 3.63) is 51.9 Å². The maximum absolute atomic E-state index is 12.4. The first-order valence-electron chi connectivity index (χ1n) is 7.76. The summed E-state index contributed by atoms with van der Waals surface area (Å²) in [5.74, 6) is 0.585. The third kappa shape index (κ3) is 3.02. The molecule has 0 radical (unpaired) electrons. The quantitative estimate of drug-likeness (QED) is 0.934. The Morgan fingerprint density at radius 2 is 1.95 bits per heavy atom. The number of hydrogen-bond donors (Lipinski definition) is 1. The van der Waals surface area contributed by atoms with Gasteiger partial charge in [0.1, 0.15) is 5.02 Å². The SMILES string of the molecule is C[C@@H]1CCCC[C@H]1Nc1cnn(-c2ccccc2)c(=O)c1Cl. The number of benzene rings is 1. The molecule has 0 unspecified atom stereocenters. The number of hydrogen-bond acceptors (Lipinski definition) is 3. The van der Waals surface area contributed by atoms with Gasteiger partial charge in [-0.2, -0.15) is 9.78 Å². The van der Waals surface area contributed by atoms with Crippen molar-refractivity contribution in [2.45, 2.75) is 38.6 Å². The van der Waals surface area contributed by atoms with E-state index in [1.54, 1.807) is 6.20 Å². The second kappa shape index (κ2) is 6.53. The lowest BCUT2D eigenvalue weighted by Gasteiger charge is -2.30. The number of anilines is 1. The zero-order valence-corrected chi connectivity index (χ0v) is 13.4. The fraction of sp³-hybridized carbons (Fsp3) is 0.412. The highest BCUT2D eigenvalue weighted by molar-refractivity contribution is 6.32. The normalized spacial score (nSPS) is 21.5. The summed E-state index contributed by atoms with van der Waals surface area (Å²) in [6, 6.07) is 9.67. The highest BCUT2D eigenvalue weighted by Crippen LogP contribution is 2.28. The molecule has 22 heavy (non-hydrogen) atoms. The van der Waals surface area contributed by atoms with E-state index in [1.807, 2.05) is 30.3 Å². The number of para-hydroxylation sites is 1. The summed E-state index contributed by atoms with van der Waals surface area (Å²) >= 11 is 6.28. The zero-order chi connectivity index (χ0) is 15.5. The molecule has 1 aromatic heterocycles. The van der Waals surface area contributed by atoms with Gasteiger partial charge < -0.3 is 5.32 Å².